The van der Waals surface area contributed by atoms with E-state index in [9.17, 15) is 9.59 Å². The maximum Gasteiger partial charge on any atom is 0.139 e. The molecule has 1 saturated heterocycles. The number of ether oxygens (including phenoxy) is 1. The fourth-order valence-corrected chi connectivity index (χ4v) is 1.60. The Morgan fingerprint density at radius 1 is 1.42 bits per heavy atom. The Hall–Kier alpha value is -1.60. The highest BCUT2D eigenvalue weighted by molar-refractivity contribution is 5.84. The zero-order valence-electron chi connectivity index (χ0n) is 17.8. The van der Waals surface area contributed by atoms with Crippen molar-refractivity contribution >= 4 is 12.1 Å². The first-order valence-corrected chi connectivity index (χ1v) is 9.16. The second-order valence-electron chi connectivity index (χ2n) is 7.18. The van der Waals surface area contributed by atoms with Crippen LogP contribution in [0.15, 0.2) is 12.4 Å². The minimum Gasteiger partial charge on any atom is -0.379 e. The summed E-state index contributed by atoms with van der Waals surface area (Å²) in [6.07, 6.45) is 6.43. The first kappa shape index (κ1) is 26.6. The van der Waals surface area contributed by atoms with Gasteiger partial charge in [0.25, 0.3) is 0 Å². The standard InChI is InChI=1S/C8H13NO2.C5H12O.C3H5N3.C3H8.H2/c1-6-4-8(11)7(2-3-10)5-9-6;1-5(2,3)6-4;1-6-3-2-4-5-6;1-3-2;/h3,6-7,9H,2,4-5H2,1H3;1-4H3;2-3H,1H3;3H2,1-2H3;1H/t6-,7?;;;;/m0..../s1. The van der Waals surface area contributed by atoms with Gasteiger partial charge < -0.3 is 14.8 Å². The number of nitrogens with one attached hydrogen (secondary N) is 1. The van der Waals surface area contributed by atoms with Crippen LogP contribution in [0.1, 0.15) is 62.2 Å². The van der Waals surface area contributed by atoms with E-state index in [1.165, 1.54) is 6.42 Å². The first-order chi connectivity index (χ1) is 12.1. The molecule has 0 amide bonds. The minimum absolute atomic E-state index is 0. The zero-order valence-corrected chi connectivity index (χ0v) is 17.8. The molecule has 1 aliphatic rings. The molecule has 0 saturated carbocycles. The molecule has 0 bridgehead atoms. The van der Waals surface area contributed by atoms with Crippen molar-refractivity contribution in [3.63, 3.8) is 0 Å². The number of rotatable bonds is 2. The fourth-order valence-electron chi connectivity index (χ4n) is 1.60. The molecule has 1 fully saturated rings. The van der Waals surface area contributed by atoms with Crippen LogP contribution in [0.4, 0.5) is 0 Å². The molecule has 2 heterocycles. The smallest absolute Gasteiger partial charge is 0.139 e. The van der Waals surface area contributed by atoms with E-state index in [2.05, 4.69) is 29.5 Å². The largest absolute Gasteiger partial charge is 0.379 e. The Labute approximate surface area is 160 Å². The normalized spacial score (nSPS) is 19.0. The van der Waals surface area contributed by atoms with Gasteiger partial charge in [-0.1, -0.05) is 25.5 Å². The quantitative estimate of drug-likeness (QED) is 0.803. The van der Waals surface area contributed by atoms with E-state index in [4.69, 9.17) is 4.74 Å². The molecule has 7 heteroatoms. The Kier molecular flexibility index (Phi) is 16.0. The summed E-state index contributed by atoms with van der Waals surface area (Å²) in [6.45, 7) is 13.0. The van der Waals surface area contributed by atoms with Gasteiger partial charge in [0.05, 0.1) is 11.8 Å². The highest BCUT2D eigenvalue weighted by Crippen LogP contribution is 2.12. The number of hydrogen-bond acceptors (Lipinski definition) is 6. The fraction of sp³-hybridized carbons (Fsp3) is 0.789. The number of aldehydes is 1. The summed E-state index contributed by atoms with van der Waals surface area (Å²) in [4.78, 5) is 21.3. The summed E-state index contributed by atoms with van der Waals surface area (Å²) in [6, 6.07) is 0.283. The van der Waals surface area contributed by atoms with Gasteiger partial charge in [0.2, 0.25) is 0 Å². The lowest BCUT2D eigenvalue weighted by molar-refractivity contribution is -0.126. The van der Waals surface area contributed by atoms with Crippen LogP contribution >= 0.6 is 0 Å². The average Bonchev–Trinajstić information content (AvgIpc) is 3.03. The van der Waals surface area contributed by atoms with Gasteiger partial charge in [0, 0.05) is 53.1 Å². The van der Waals surface area contributed by atoms with Crippen LogP contribution in [0.5, 0.6) is 0 Å². The molecule has 1 aliphatic heterocycles. The summed E-state index contributed by atoms with van der Waals surface area (Å²) < 4.78 is 6.58. The van der Waals surface area contributed by atoms with Crippen LogP contribution in [0.25, 0.3) is 0 Å². The molecule has 0 aromatic carbocycles. The Balaban J connectivity index is -0.000000311. The molecule has 26 heavy (non-hydrogen) atoms. The third-order valence-corrected chi connectivity index (χ3v) is 3.21. The van der Waals surface area contributed by atoms with Crippen LogP contribution in [0, 0.1) is 5.92 Å². The molecular formula is C19H40N4O3. The average molecular weight is 373 g/mol. The number of ketones is 1. The molecule has 1 N–H and O–H groups in total. The molecule has 0 spiro atoms. The molecule has 0 radical (unpaired) electrons. The number of aryl methyl sites for hydroxylation is 1. The second kappa shape index (κ2) is 15.6. The van der Waals surface area contributed by atoms with Gasteiger partial charge in [-0.15, -0.1) is 5.10 Å². The van der Waals surface area contributed by atoms with Gasteiger partial charge in [0.1, 0.15) is 12.1 Å². The number of carbonyl (C=O) groups is 2. The van der Waals surface area contributed by atoms with Crippen LogP contribution in [-0.4, -0.2) is 52.4 Å². The van der Waals surface area contributed by atoms with E-state index >= 15 is 0 Å². The highest BCUT2D eigenvalue weighted by Gasteiger charge is 2.24. The number of Topliss-reactive ketones (excluding diaryl/α,β-unsaturated/α-hetero) is 1. The minimum atomic E-state index is -0.0660. The lowest BCUT2D eigenvalue weighted by Crippen LogP contribution is -2.42. The molecule has 7 nitrogen and oxygen atoms in total. The van der Waals surface area contributed by atoms with Crippen molar-refractivity contribution in [2.24, 2.45) is 13.0 Å². The van der Waals surface area contributed by atoms with Crippen molar-refractivity contribution in [2.75, 3.05) is 13.7 Å². The Morgan fingerprint density at radius 3 is 2.23 bits per heavy atom. The van der Waals surface area contributed by atoms with Crippen LogP contribution in [-0.2, 0) is 21.4 Å². The molecule has 0 aliphatic carbocycles. The van der Waals surface area contributed by atoms with E-state index in [1.54, 1.807) is 24.2 Å². The van der Waals surface area contributed by atoms with E-state index in [1.807, 2.05) is 34.7 Å². The van der Waals surface area contributed by atoms with Crippen molar-refractivity contribution in [3.8, 4) is 0 Å². The molecule has 1 aromatic heterocycles. The predicted octanol–water partition coefficient (Wildman–Crippen LogP) is 3.05. The Bertz CT molecular complexity index is 462. The van der Waals surface area contributed by atoms with Gasteiger partial charge in [-0.05, 0) is 27.7 Å². The third kappa shape index (κ3) is 17.2. The van der Waals surface area contributed by atoms with Gasteiger partial charge in [-0.25, -0.2) is 0 Å². The second-order valence-corrected chi connectivity index (χ2v) is 7.18. The third-order valence-electron chi connectivity index (χ3n) is 3.21. The lowest BCUT2D eigenvalue weighted by atomic mass is 9.92. The first-order valence-electron chi connectivity index (χ1n) is 9.16. The maximum atomic E-state index is 11.2. The van der Waals surface area contributed by atoms with Gasteiger partial charge in [-0.3, -0.25) is 9.48 Å². The van der Waals surface area contributed by atoms with Crippen LogP contribution in [0.2, 0.25) is 0 Å². The van der Waals surface area contributed by atoms with Crippen molar-refractivity contribution in [1.29, 1.82) is 0 Å². The summed E-state index contributed by atoms with van der Waals surface area (Å²) in [5.41, 5.74) is 0.0417. The molecule has 1 aromatic rings. The monoisotopic (exact) mass is 372 g/mol. The van der Waals surface area contributed by atoms with E-state index < -0.39 is 0 Å². The van der Waals surface area contributed by atoms with E-state index in [0.29, 0.717) is 19.4 Å². The lowest BCUT2D eigenvalue weighted by Gasteiger charge is -2.24. The van der Waals surface area contributed by atoms with Gasteiger partial charge >= 0.3 is 0 Å². The van der Waals surface area contributed by atoms with Crippen molar-refractivity contribution in [2.45, 2.75) is 72.4 Å². The summed E-state index contributed by atoms with van der Waals surface area (Å²) in [7, 11) is 3.53. The zero-order chi connectivity index (χ0) is 20.6. The number of nitrogens with zero attached hydrogens (tertiary/aromatic N) is 3. The van der Waals surface area contributed by atoms with Gasteiger partial charge in [0.15, 0.2) is 0 Å². The van der Waals surface area contributed by atoms with Crippen LogP contribution in [0.3, 0.4) is 0 Å². The maximum absolute atomic E-state index is 11.2. The van der Waals surface area contributed by atoms with Crippen molar-refractivity contribution < 1.29 is 15.8 Å². The molecule has 2 atom stereocenters. The molecular weight excluding hydrogens is 332 g/mol. The van der Waals surface area contributed by atoms with E-state index in [0.717, 1.165) is 6.29 Å². The Morgan fingerprint density at radius 2 is 1.96 bits per heavy atom. The summed E-state index contributed by atoms with van der Waals surface area (Å²) >= 11 is 0. The van der Waals surface area contributed by atoms with E-state index in [-0.39, 0.29) is 24.8 Å². The van der Waals surface area contributed by atoms with Crippen LogP contribution < -0.4 is 5.32 Å². The number of carbonyl (C=O) groups excluding carboxylic acids is 2. The SMILES string of the molecule is CCC.COC(C)(C)C.C[C@H]1CC(=O)C(CC=O)CN1.Cn1ccnn1.[HH]. The molecule has 2 rings (SSSR count). The molecule has 154 valence electrons. The summed E-state index contributed by atoms with van der Waals surface area (Å²) in [5, 5.41) is 10.3. The topological polar surface area (TPSA) is 86.1 Å². The van der Waals surface area contributed by atoms with Crippen molar-refractivity contribution in [3.05, 3.63) is 12.4 Å². The van der Waals surface area contributed by atoms with Crippen molar-refractivity contribution in [1.82, 2.24) is 20.3 Å². The van der Waals surface area contributed by atoms with Gasteiger partial charge in [-0.2, -0.15) is 0 Å². The number of aromatic nitrogens is 3. The predicted molar refractivity (Wildman–Crippen MR) is 107 cm³/mol. The number of piperidine rings is 1. The number of methoxy groups -OCH3 is 1. The number of hydrogen-bond donors (Lipinski definition) is 1. The molecule has 1 unspecified atom stereocenters. The highest BCUT2D eigenvalue weighted by atomic mass is 16.5. The summed E-state index contributed by atoms with van der Waals surface area (Å²) in [5.74, 6) is 0.159.